The lowest BCUT2D eigenvalue weighted by molar-refractivity contribution is -0.152. The Labute approximate surface area is 177 Å². The number of nitrogens with one attached hydrogen (secondary N) is 1. The maximum absolute atomic E-state index is 13.2. The molecule has 176 valence electrons. The SMILES string of the molecule is Cc1cnc(OCC(C)(C)C(=O)N[C@@H]2CCN(C)C[C@H]2CC(F)(F)F)c(C(F)(F)F)c1. The van der Waals surface area contributed by atoms with Gasteiger partial charge in [0.15, 0.2) is 0 Å². The van der Waals surface area contributed by atoms with Crippen molar-refractivity contribution in [3.05, 3.63) is 23.4 Å². The van der Waals surface area contributed by atoms with Crippen LogP contribution >= 0.6 is 0 Å². The number of hydrogen-bond acceptors (Lipinski definition) is 4. The third-order valence-corrected chi connectivity index (χ3v) is 5.22. The Morgan fingerprint density at radius 2 is 1.90 bits per heavy atom. The lowest BCUT2D eigenvalue weighted by Gasteiger charge is -2.39. The Morgan fingerprint density at radius 3 is 2.48 bits per heavy atom. The highest BCUT2D eigenvalue weighted by molar-refractivity contribution is 5.82. The monoisotopic (exact) mass is 455 g/mol. The number of halogens is 6. The van der Waals surface area contributed by atoms with Gasteiger partial charge in [-0.25, -0.2) is 4.98 Å². The van der Waals surface area contributed by atoms with Gasteiger partial charge < -0.3 is 15.0 Å². The number of rotatable bonds is 6. The third kappa shape index (κ3) is 7.26. The fourth-order valence-electron chi connectivity index (χ4n) is 3.46. The molecule has 1 saturated heterocycles. The average molecular weight is 455 g/mol. The smallest absolute Gasteiger partial charge is 0.421 e. The third-order valence-electron chi connectivity index (χ3n) is 5.22. The first-order chi connectivity index (χ1) is 14.1. The predicted octanol–water partition coefficient (Wildman–Crippen LogP) is 4.20. The highest BCUT2D eigenvalue weighted by Crippen LogP contribution is 2.36. The fraction of sp³-hybridized carbons (Fsp3) is 0.700. The van der Waals surface area contributed by atoms with E-state index in [1.165, 1.54) is 27.0 Å². The van der Waals surface area contributed by atoms with Crippen LogP contribution in [0.2, 0.25) is 0 Å². The van der Waals surface area contributed by atoms with Crippen LogP contribution in [0.4, 0.5) is 26.3 Å². The van der Waals surface area contributed by atoms with Gasteiger partial charge in [0.2, 0.25) is 11.8 Å². The molecule has 2 heterocycles. The normalized spacial score (nSPS) is 21.1. The van der Waals surface area contributed by atoms with Crippen molar-refractivity contribution in [1.82, 2.24) is 15.2 Å². The van der Waals surface area contributed by atoms with Gasteiger partial charge in [0.05, 0.1) is 5.41 Å². The molecule has 1 N–H and O–H groups in total. The summed E-state index contributed by atoms with van der Waals surface area (Å²) in [4.78, 5) is 18.2. The van der Waals surface area contributed by atoms with Crippen LogP contribution in [-0.4, -0.2) is 54.8 Å². The molecule has 1 aliphatic rings. The van der Waals surface area contributed by atoms with Crippen molar-refractivity contribution in [3.8, 4) is 5.88 Å². The van der Waals surface area contributed by atoms with E-state index >= 15 is 0 Å². The van der Waals surface area contributed by atoms with Crippen LogP contribution < -0.4 is 10.1 Å². The second-order valence-corrected chi connectivity index (χ2v) is 8.75. The van der Waals surface area contributed by atoms with E-state index in [4.69, 9.17) is 4.74 Å². The van der Waals surface area contributed by atoms with E-state index in [0.717, 1.165) is 6.07 Å². The summed E-state index contributed by atoms with van der Waals surface area (Å²) in [5, 5.41) is 2.65. The topological polar surface area (TPSA) is 54.5 Å². The molecule has 0 radical (unpaired) electrons. The van der Waals surface area contributed by atoms with E-state index in [1.54, 1.807) is 11.9 Å². The molecule has 0 bridgehead atoms. The summed E-state index contributed by atoms with van der Waals surface area (Å²) >= 11 is 0. The molecular weight excluding hydrogens is 428 g/mol. The molecular formula is C20H27F6N3O2. The molecule has 1 fully saturated rings. The summed E-state index contributed by atoms with van der Waals surface area (Å²) in [6.07, 6.45) is -8.51. The van der Waals surface area contributed by atoms with Gasteiger partial charge in [-0.15, -0.1) is 0 Å². The Bertz CT molecular complexity index is 779. The number of likely N-dealkylation sites (tertiary alicyclic amines) is 1. The van der Waals surface area contributed by atoms with Gasteiger partial charge >= 0.3 is 12.4 Å². The van der Waals surface area contributed by atoms with Crippen LogP contribution in [0.5, 0.6) is 5.88 Å². The first kappa shape index (κ1) is 25.2. The van der Waals surface area contributed by atoms with Crippen LogP contribution in [0.25, 0.3) is 0 Å². The second-order valence-electron chi connectivity index (χ2n) is 8.75. The van der Waals surface area contributed by atoms with E-state index in [2.05, 4.69) is 10.3 Å². The second kappa shape index (κ2) is 9.22. The number of aryl methyl sites for hydroxylation is 1. The molecule has 31 heavy (non-hydrogen) atoms. The Morgan fingerprint density at radius 1 is 1.26 bits per heavy atom. The number of amides is 1. The number of nitrogens with zero attached hydrogens (tertiary/aromatic N) is 2. The summed E-state index contributed by atoms with van der Waals surface area (Å²) in [5.41, 5.74) is -2.04. The number of piperidine rings is 1. The number of carbonyl (C=O) groups excluding carboxylic acids is 1. The van der Waals surface area contributed by atoms with Crippen LogP contribution in [0.15, 0.2) is 12.3 Å². The Kier molecular flexibility index (Phi) is 7.50. The van der Waals surface area contributed by atoms with Crippen molar-refractivity contribution in [2.45, 2.75) is 52.0 Å². The van der Waals surface area contributed by atoms with E-state index in [1.807, 2.05) is 0 Å². The molecule has 5 nitrogen and oxygen atoms in total. The maximum atomic E-state index is 13.2. The molecule has 2 rings (SSSR count). The Balaban J connectivity index is 2.08. The van der Waals surface area contributed by atoms with Crippen molar-refractivity contribution in [3.63, 3.8) is 0 Å². The van der Waals surface area contributed by atoms with Crippen LogP contribution in [0.3, 0.4) is 0 Å². The predicted molar refractivity (Wildman–Crippen MR) is 101 cm³/mol. The standard InChI is InChI=1S/C20H27F6N3O2/c1-12-7-14(20(24,25)26)16(27-9-12)31-11-18(2,3)17(30)28-15-5-6-29(4)10-13(15)8-19(21,22)23/h7,9,13,15H,5-6,8,10-11H2,1-4H3,(H,28,30)/t13-,15-/m1/s1. The van der Waals surface area contributed by atoms with Crippen molar-refractivity contribution in [1.29, 1.82) is 0 Å². The number of pyridine rings is 1. The zero-order valence-corrected chi connectivity index (χ0v) is 17.8. The first-order valence-electron chi connectivity index (χ1n) is 9.81. The maximum Gasteiger partial charge on any atom is 0.421 e. The minimum atomic E-state index is -4.68. The molecule has 0 unspecified atom stereocenters. The number of aromatic nitrogens is 1. The fourth-order valence-corrected chi connectivity index (χ4v) is 3.46. The zero-order valence-electron chi connectivity index (χ0n) is 17.8. The highest BCUT2D eigenvalue weighted by Gasteiger charge is 2.41. The van der Waals surface area contributed by atoms with Crippen LogP contribution in [0, 0.1) is 18.3 Å². The summed E-state index contributed by atoms with van der Waals surface area (Å²) < 4.78 is 83.7. The zero-order chi connectivity index (χ0) is 23.6. The molecule has 0 saturated carbocycles. The minimum absolute atomic E-state index is 0.184. The van der Waals surface area contributed by atoms with Crippen molar-refractivity contribution < 1.29 is 35.9 Å². The summed E-state index contributed by atoms with van der Waals surface area (Å²) in [5.74, 6) is -2.04. The summed E-state index contributed by atoms with van der Waals surface area (Å²) in [7, 11) is 1.71. The lowest BCUT2D eigenvalue weighted by Crippen LogP contribution is -2.54. The number of carbonyl (C=O) groups is 1. The van der Waals surface area contributed by atoms with Crippen LogP contribution in [0.1, 0.15) is 37.8 Å². The number of ether oxygens (including phenoxy) is 1. The molecule has 0 aromatic carbocycles. The molecule has 11 heteroatoms. The highest BCUT2D eigenvalue weighted by atomic mass is 19.4. The molecule has 2 atom stereocenters. The van der Waals surface area contributed by atoms with E-state index < -0.39 is 60.1 Å². The molecule has 0 aliphatic carbocycles. The molecule has 1 amide bonds. The average Bonchev–Trinajstić information content (AvgIpc) is 2.60. The van der Waals surface area contributed by atoms with Gasteiger partial charge in [-0.2, -0.15) is 26.3 Å². The first-order valence-corrected chi connectivity index (χ1v) is 9.81. The summed E-state index contributed by atoms with van der Waals surface area (Å²) in [6.45, 7) is 4.66. The molecule has 1 aromatic rings. The Hall–Kier alpha value is -2.04. The van der Waals surface area contributed by atoms with E-state index in [-0.39, 0.29) is 6.54 Å². The van der Waals surface area contributed by atoms with E-state index in [0.29, 0.717) is 18.5 Å². The van der Waals surface area contributed by atoms with Gasteiger partial charge in [-0.3, -0.25) is 4.79 Å². The van der Waals surface area contributed by atoms with Crippen LogP contribution in [-0.2, 0) is 11.0 Å². The van der Waals surface area contributed by atoms with E-state index in [9.17, 15) is 31.1 Å². The van der Waals surface area contributed by atoms with Gasteiger partial charge in [-0.05, 0) is 52.4 Å². The lowest BCUT2D eigenvalue weighted by atomic mass is 9.87. The van der Waals surface area contributed by atoms with Gasteiger partial charge in [0.25, 0.3) is 0 Å². The van der Waals surface area contributed by atoms with Gasteiger partial charge in [0.1, 0.15) is 12.2 Å². The van der Waals surface area contributed by atoms with Gasteiger partial charge in [0, 0.05) is 31.1 Å². The van der Waals surface area contributed by atoms with Crippen molar-refractivity contribution in [2.75, 3.05) is 26.7 Å². The summed E-state index contributed by atoms with van der Waals surface area (Å²) in [6, 6.07) is 0.211. The molecule has 1 aliphatic heterocycles. The number of hydrogen-bond donors (Lipinski definition) is 1. The van der Waals surface area contributed by atoms with Gasteiger partial charge in [-0.1, -0.05) is 0 Å². The molecule has 1 aromatic heterocycles. The largest absolute Gasteiger partial charge is 0.476 e. The molecule has 0 spiro atoms. The number of alkyl halides is 6. The van der Waals surface area contributed by atoms with Crippen molar-refractivity contribution >= 4 is 5.91 Å². The quantitative estimate of drug-likeness (QED) is 0.654. The minimum Gasteiger partial charge on any atom is -0.476 e. The van der Waals surface area contributed by atoms with Crippen molar-refractivity contribution in [2.24, 2.45) is 11.3 Å².